The molecular formula is C11H5F2NS. The van der Waals surface area contributed by atoms with Crippen LogP contribution in [0.2, 0.25) is 0 Å². The molecule has 0 saturated carbocycles. The van der Waals surface area contributed by atoms with E-state index < -0.39 is 11.6 Å². The highest BCUT2D eigenvalue weighted by molar-refractivity contribution is 7.10. The summed E-state index contributed by atoms with van der Waals surface area (Å²) >= 11 is 1.45. The Bertz CT molecular complexity index is 523. The van der Waals surface area contributed by atoms with Crippen molar-refractivity contribution in [2.75, 3.05) is 0 Å². The lowest BCUT2D eigenvalue weighted by atomic mass is 10.3. The summed E-state index contributed by atoms with van der Waals surface area (Å²) in [5.74, 6) is 3.86. The molecule has 0 aliphatic carbocycles. The van der Waals surface area contributed by atoms with E-state index in [9.17, 15) is 8.78 Å². The molecule has 0 unspecified atom stereocenters. The Morgan fingerprint density at radius 1 is 1.27 bits per heavy atom. The summed E-state index contributed by atoms with van der Waals surface area (Å²) in [5, 5.41) is 1.87. The van der Waals surface area contributed by atoms with E-state index in [4.69, 9.17) is 0 Å². The Morgan fingerprint density at radius 2 is 2.13 bits per heavy atom. The topological polar surface area (TPSA) is 12.9 Å². The lowest BCUT2D eigenvalue weighted by molar-refractivity contribution is 0.570. The predicted octanol–water partition coefficient (Wildman–Crippen LogP) is 2.82. The lowest BCUT2D eigenvalue weighted by Gasteiger charge is -1.91. The molecule has 0 amide bonds. The molecule has 0 aliphatic heterocycles. The van der Waals surface area contributed by atoms with Gasteiger partial charge in [0, 0.05) is 6.07 Å². The number of pyridine rings is 1. The summed E-state index contributed by atoms with van der Waals surface area (Å²) in [7, 11) is 0. The quantitative estimate of drug-likeness (QED) is 0.623. The summed E-state index contributed by atoms with van der Waals surface area (Å²) in [6, 6.07) is 4.44. The van der Waals surface area contributed by atoms with Crippen molar-refractivity contribution in [1.82, 2.24) is 4.98 Å². The van der Waals surface area contributed by atoms with Crippen LogP contribution in [0.4, 0.5) is 8.78 Å². The Labute approximate surface area is 89.4 Å². The molecule has 0 bridgehead atoms. The van der Waals surface area contributed by atoms with E-state index >= 15 is 0 Å². The summed E-state index contributed by atoms with van der Waals surface area (Å²) in [4.78, 5) is 4.38. The minimum absolute atomic E-state index is 0.0372. The number of hydrogen-bond donors (Lipinski definition) is 0. The van der Waals surface area contributed by atoms with Crippen molar-refractivity contribution >= 4 is 11.3 Å². The normalized spacial score (nSPS) is 9.47. The fourth-order valence-corrected chi connectivity index (χ4v) is 1.55. The minimum Gasteiger partial charge on any atom is -0.242 e. The van der Waals surface area contributed by atoms with Gasteiger partial charge in [0.2, 0.25) is 0 Å². The minimum atomic E-state index is -0.737. The summed E-state index contributed by atoms with van der Waals surface area (Å²) in [6.07, 6.45) is 0.946. The van der Waals surface area contributed by atoms with E-state index in [0.29, 0.717) is 0 Å². The monoisotopic (exact) mass is 221 g/mol. The molecule has 0 radical (unpaired) electrons. The van der Waals surface area contributed by atoms with E-state index in [1.165, 1.54) is 11.3 Å². The third-order valence-corrected chi connectivity index (χ3v) is 2.42. The van der Waals surface area contributed by atoms with Gasteiger partial charge in [-0.2, -0.15) is 0 Å². The van der Waals surface area contributed by atoms with E-state index in [-0.39, 0.29) is 5.69 Å². The summed E-state index contributed by atoms with van der Waals surface area (Å²) in [5.41, 5.74) is -0.0372. The van der Waals surface area contributed by atoms with Gasteiger partial charge < -0.3 is 0 Å². The highest BCUT2D eigenvalue weighted by Gasteiger charge is 2.01. The van der Waals surface area contributed by atoms with Crippen LogP contribution in [0.5, 0.6) is 0 Å². The van der Waals surface area contributed by atoms with Gasteiger partial charge in [-0.15, -0.1) is 11.3 Å². The van der Waals surface area contributed by atoms with Crippen LogP contribution in [0, 0.1) is 23.5 Å². The maximum Gasteiger partial charge on any atom is 0.160 e. The van der Waals surface area contributed by atoms with Gasteiger partial charge in [-0.25, -0.2) is 13.8 Å². The highest BCUT2D eigenvalue weighted by Crippen LogP contribution is 2.08. The molecule has 1 nitrogen and oxygen atoms in total. The molecule has 0 fully saturated rings. The first-order valence-electron chi connectivity index (χ1n) is 4.12. The zero-order valence-electron chi connectivity index (χ0n) is 7.50. The molecule has 2 heterocycles. The van der Waals surface area contributed by atoms with Crippen LogP contribution >= 0.6 is 11.3 Å². The van der Waals surface area contributed by atoms with Crippen molar-refractivity contribution in [3.05, 3.63) is 52.0 Å². The van der Waals surface area contributed by atoms with E-state index in [0.717, 1.165) is 17.1 Å². The molecule has 0 spiro atoms. The molecule has 2 aromatic heterocycles. The number of thiophene rings is 1. The van der Waals surface area contributed by atoms with Gasteiger partial charge in [-0.05, 0) is 23.3 Å². The third-order valence-electron chi connectivity index (χ3n) is 1.63. The van der Waals surface area contributed by atoms with Gasteiger partial charge in [-0.3, -0.25) is 0 Å². The molecular weight excluding hydrogens is 216 g/mol. The molecule has 2 aromatic rings. The average Bonchev–Trinajstić information content (AvgIpc) is 2.69. The fraction of sp³-hybridized carbons (Fsp3) is 0. The second kappa shape index (κ2) is 4.20. The summed E-state index contributed by atoms with van der Waals surface area (Å²) < 4.78 is 25.6. The van der Waals surface area contributed by atoms with Crippen LogP contribution in [-0.4, -0.2) is 4.98 Å². The lowest BCUT2D eigenvalue weighted by Crippen LogP contribution is -1.90. The SMILES string of the molecule is Fc1cnc(C#Cc2cccs2)c(F)c1. The Morgan fingerprint density at radius 3 is 2.80 bits per heavy atom. The second-order valence-corrected chi connectivity index (χ2v) is 3.66. The van der Waals surface area contributed by atoms with Crippen LogP contribution in [-0.2, 0) is 0 Å². The van der Waals surface area contributed by atoms with Crippen LogP contribution in [0.1, 0.15) is 10.6 Å². The van der Waals surface area contributed by atoms with Gasteiger partial charge in [0.1, 0.15) is 11.5 Å². The number of aromatic nitrogens is 1. The Hall–Kier alpha value is -1.73. The maximum absolute atomic E-state index is 13.1. The van der Waals surface area contributed by atoms with E-state index in [2.05, 4.69) is 16.8 Å². The highest BCUT2D eigenvalue weighted by atomic mass is 32.1. The van der Waals surface area contributed by atoms with Crippen LogP contribution in [0.25, 0.3) is 0 Å². The first-order valence-corrected chi connectivity index (χ1v) is 5.00. The zero-order valence-corrected chi connectivity index (χ0v) is 8.31. The summed E-state index contributed by atoms with van der Waals surface area (Å²) in [6.45, 7) is 0. The number of nitrogens with zero attached hydrogens (tertiary/aromatic N) is 1. The zero-order chi connectivity index (χ0) is 10.7. The largest absolute Gasteiger partial charge is 0.242 e. The molecule has 0 saturated heterocycles. The van der Waals surface area contributed by atoms with Gasteiger partial charge in [0.05, 0.1) is 11.1 Å². The number of halogens is 2. The second-order valence-electron chi connectivity index (χ2n) is 2.71. The van der Waals surface area contributed by atoms with E-state index in [1.54, 1.807) is 0 Å². The fourth-order valence-electron chi connectivity index (χ4n) is 0.977. The smallest absolute Gasteiger partial charge is 0.160 e. The van der Waals surface area contributed by atoms with Gasteiger partial charge in [0.25, 0.3) is 0 Å². The number of hydrogen-bond acceptors (Lipinski definition) is 2. The van der Waals surface area contributed by atoms with Crippen LogP contribution in [0.3, 0.4) is 0 Å². The van der Waals surface area contributed by atoms with Crippen molar-refractivity contribution < 1.29 is 8.78 Å². The van der Waals surface area contributed by atoms with Crippen molar-refractivity contribution in [3.63, 3.8) is 0 Å². The molecule has 4 heteroatoms. The number of rotatable bonds is 0. The molecule has 15 heavy (non-hydrogen) atoms. The molecule has 0 aliphatic rings. The van der Waals surface area contributed by atoms with Crippen molar-refractivity contribution in [3.8, 4) is 11.8 Å². The predicted molar refractivity (Wildman–Crippen MR) is 54.5 cm³/mol. The third kappa shape index (κ3) is 2.39. The molecule has 74 valence electrons. The Kier molecular flexibility index (Phi) is 2.75. The average molecular weight is 221 g/mol. The van der Waals surface area contributed by atoms with Gasteiger partial charge in [0.15, 0.2) is 5.82 Å². The van der Waals surface area contributed by atoms with Crippen molar-refractivity contribution in [2.24, 2.45) is 0 Å². The maximum atomic E-state index is 13.1. The first-order chi connectivity index (χ1) is 7.25. The van der Waals surface area contributed by atoms with Crippen LogP contribution in [0.15, 0.2) is 29.8 Å². The standard InChI is InChI=1S/C11H5F2NS/c12-8-6-10(13)11(14-7-8)4-3-9-2-1-5-15-9/h1-2,5-7H. The van der Waals surface area contributed by atoms with Gasteiger partial charge >= 0.3 is 0 Å². The van der Waals surface area contributed by atoms with Crippen molar-refractivity contribution in [2.45, 2.75) is 0 Å². The van der Waals surface area contributed by atoms with Crippen molar-refractivity contribution in [1.29, 1.82) is 0 Å². The van der Waals surface area contributed by atoms with Crippen LogP contribution < -0.4 is 0 Å². The first kappa shape index (κ1) is 9.81. The molecule has 2 rings (SSSR count). The molecule has 0 aromatic carbocycles. The Balaban J connectivity index is 2.32. The molecule has 0 atom stereocenters. The van der Waals surface area contributed by atoms with Gasteiger partial charge in [-0.1, -0.05) is 6.07 Å². The van der Waals surface area contributed by atoms with E-state index in [1.807, 2.05) is 17.5 Å². The molecule has 0 N–H and O–H groups in total.